The van der Waals surface area contributed by atoms with E-state index in [2.05, 4.69) is 10.2 Å². The molecule has 1 aliphatic carbocycles. The number of carbonyl (C=O) groups is 1. The second-order valence-electron chi connectivity index (χ2n) is 9.12. The number of aromatic nitrogens is 2. The van der Waals surface area contributed by atoms with Gasteiger partial charge in [0.25, 0.3) is 5.92 Å². The number of piperidine rings is 1. The van der Waals surface area contributed by atoms with Crippen molar-refractivity contribution in [3.05, 3.63) is 29.0 Å². The fraction of sp³-hybridized carbons (Fsp3) is 0.636. The molecular formula is C22H28F2N4O3S. The van der Waals surface area contributed by atoms with Crippen molar-refractivity contribution >= 4 is 27.6 Å². The van der Waals surface area contributed by atoms with Crippen molar-refractivity contribution in [2.45, 2.75) is 37.7 Å². The first-order chi connectivity index (χ1) is 15.3. The minimum atomic E-state index is -3.30. The maximum Gasteiger partial charge on any atom is 0.280 e. The summed E-state index contributed by atoms with van der Waals surface area (Å²) >= 11 is 0. The molecule has 0 spiro atoms. The lowest BCUT2D eigenvalue weighted by Gasteiger charge is -2.39. The first-order valence-electron chi connectivity index (χ1n) is 11.2. The van der Waals surface area contributed by atoms with Gasteiger partial charge in [-0.1, -0.05) is 0 Å². The Morgan fingerprint density at radius 1 is 1.25 bits per heavy atom. The summed E-state index contributed by atoms with van der Waals surface area (Å²) in [6, 6.07) is 1.95. The van der Waals surface area contributed by atoms with E-state index in [9.17, 15) is 14.1 Å². The number of nitrogens with zero attached hydrogens (tertiary/aromatic N) is 3. The highest BCUT2D eigenvalue weighted by atomic mass is 32.2. The first kappa shape index (κ1) is 21.9. The van der Waals surface area contributed by atoms with E-state index < -0.39 is 28.7 Å². The quantitative estimate of drug-likeness (QED) is 0.699. The molecule has 0 saturated carbocycles. The number of aliphatic hydroxyl groups excluding tert-OH is 1. The van der Waals surface area contributed by atoms with Crippen molar-refractivity contribution in [1.29, 1.82) is 0 Å². The number of hydrogen-bond acceptors (Lipinski definition) is 5. The third-order valence-corrected chi connectivity index (χ3v) is 8.56. The lowest BCUT2D eigenvalue weighted by molar-refractivity contribution is -0.164. The van der Waals surface area contributed by atoms with Crippen LogP contribution in [-0.2, 0) is 28.4 Å². The lowest BCUT2D eigenvalue weighted by atomic mass is 9.77. The molecule has 2 fully saturated rings. The molecule has 5 rings (SSSR count). The van der Waals surface area contributed by atoms with Crippen LogP contribution in [-0.4, -0.2) is 85.4 Å². The van der Waals surface area contributed by atoms with Crippen molar-refractivity contribution in [2.24, 2.45) is 5.92 Å². The molecule has 1 aromatic carbocycles. The van der Waals surface area contributed by atoms with Gasteiger partial charge >= 0.3 is 0 Å². The Morgan fingerprint density at radius 2 is 1.97 bits per heavy atom. The minimum absolute atomic E-state index is 0.0662. The molecule has 1 amide bonds. The number of H-pyrrole nitrogens is 1. The fourth-order valence-electron chi connectivity index (χ4n) is 5.18. The number of halogens is 2. The van der Waals surface area contributed by atoms with Gasteiger partial charge in [-0.25, -0.2) is 8.78 Å². The molecule has 32 heavy (non-hydrogen) atoms. The molecule has 7 nitrogen and oxygen atoms in total. The molecule has 2 aromatic rings. The second kappa shape index (κ2) is 8.46. The van der Waals surface area contributed by atoms with Gasteiger partial charge in [0.2, 0.25) is 5.91 Å². The standard InChI is InChI=1S/C22H28F2N4O3S/c23-22(24,21(30)19-17-2-1-14(17)11-15-12-25-26-20(15)19)16-3-5-28(6-4-16)18(29)13-27-7-9-32(31)10-8-27/h11-12,16,21,30H,1-10,13H2,(H,25,26). The van der Waals surface area contributed by atoms with E-state index in [0.29, 0.717) is 36.5 Å². The van der Waals surface area contributed by atoms with Crippen LogP contribution in [0.4, 0.5) is 8.78 Å². The zero-order chi connectivity index (χ0) is 22.5. The van der Waals surface area contributed by atoms with Crippen LogP contribution in [0.25, 0.3) is 10.9 Å². The molecule has 1 atom stereocenters. The van der Waals surface area contributed by atoms with Crippen LogP contribution in [0, 0.1) is 5.92 Å². The van der Waals surface area contributed by atoms with Crippen molar-refractivity contribution in [3.63, 3.8) is 0 Å². The van der Waals surface area contributed by atoms with Crippen LogP contribution in [0.3, 0.4) is 0 Å². The van der Waals surface area contributed by atoms with Crippen LogP contribution >= 0.6 is 0 Å². The first-order valence-corrected chi connectivity index (χ1v) is 12.7. The smallest absolute Gasteiger partial charge is 0.280 e. The van der Waals surface area contributed by atoms with Crippen molar-refractivity contribution in [2.75, 3.05) is 44.2 Å². The zero-order valence-electron chi connectivity index (χ0n) is 17.9. The van der Waals surface area contributed by atoms with E-state index in [1.807, 2.05) is 11.0 Å². The summed E-state index contributed by atoms with van der Waals surface area (Å²) in [5.74, 6) is -3.20. The molecule has 2 N–H and O–H groups in total. The number of aliphatic hydroxyl groups is 1. The van der Waals surface area contributed by atoms with Crippen LogP contribution in [0.5, 0.6) is 0 Å². The normalized spacial score (nSPS) is 22.0. The molecule has 10 heteroatoms. The Labute approximate surface area is 187 Å². The second-order valence-corrected chi connectivity index (χ2v) is 10.8. The summed E-state index contributed by atoms with van der Waals surface area (Å²) < 4.78 is 42.4. The number of likely N-dealkylation sites (tertiary alicyclic amines) is 1. The third-order valence-electron chi connectivity index (χ3n) is 7.28. The van der Waals surface area contributed by atoms with Crippen molar-refractivity contribution < 1.29 is 22.9 Å². The fourth-order valence-corrected chi connectivity index (χ4v) is 6.30. The highest BCUT2D eigenvalue weighted by Crippen LogP contribution is 2.46. The van der Waals surface area contributed by atoms with Gasteiger partial charge in [-0.2, -0.15) is 5.10 Å². The summed E-state index contributed by atoms with van der Waals surface area (Å²) in [4.78, 5) is 16.3. The summed E-state index contributed by atoms with van der Waals surface area (Å²) in [6.45, 7) is 2.02. The number of aromatic amines is 1. The molecule has 3 heterocycles. The molecule has 0 radical (unpaired) electrons. The van der Waals surface area contributed by atoms with E-state index >= 15 is 8.78 Å². The number of alkyl halides is 2. The van der Waals surface area contributed by atoms with E-state index in [1.165, 1.54) is 0 Å². The third kappa shape index (κ3) is 3.86. The summed E-state index contributed by atoms with van der Waals surface area (Å²) in [5, 5.41) is 18.4. The summed E-state index contributed by atoms with van der Waals surface area (Å²) in [6.07, 6.45) is 1.52. The minimum Gasteiger partial charge on any atom is -0.382 e. The van der Waals surface area contributed by atoms with Crippen molar-refractivity contribution in [1.82, 2.24) is 20.0 Å². The monoisotopic (exact) mass is 466 g/mol. The van der Waals surface area contributed by atoms with Gasteiger partial charge in [0.15, 0.2) is 0 Å². The Balaban J connectivity index is 1.24. The number of rotatable bonds is 5. The summed E-state index contributed by atoms with van der Waals surface area (Å²) in [5.41, 5.74) is 2.59. The van der Waals surface area contributed by atoms with Crippen molar-refractivity contribution in [3.8, 4) is 0 Å². The molecule has 1 aromatic heterocycles. The Bertz CT molecular complexity index is 1040. The van der Waals surface area contributed by atoms with Gasteiger partial charge < -0.3 is 10.0 Å². The molecular weight excluding hydrogens is 438 g/mol. The molecule has 174 valence electrons. The van der Waals surface area contributed by atoms with Gasteiger partial charge in [0.05, 0.1) is 18.3 Å². The number of hydrogen-bond donors (Lipinski definition) is 2. The van der Waals surface area contributed by atoms with E-state index in [0.717, 1.165) is 22.9 Å². The maximum absolute atomic E-state index is 15.5. The average Bonchev–Trinajstić information content (AvgIpc) is 3.24. The Morgan fingerprint density at radius 3 is 2.62 bits per heavy atom. The summed E-state index contributed by atoms with van der Waals surface area (Å²) in [7, 11) is -0.801. The highest BCUT2D eigenvalue weighted by Gasteiger charge is 2.50. The molecule has 2 saturated heterocycles. The SMILES string of the molecule is O=C(CN1CCS(=O)CC1)N1CCC(C(F)(F)C(O)c2c3c(cc4cn[nH]c24)CC3)CC1. The van der Waals surface area contributed by atoms with Gasteiger partial charge in [0.1, 0.15) is 6.10 Å². The lowest BCUT2D eigenvalue weighted by Crippen LogP contribution is -2.49. The van der Waals surface area contributed by atoms with Crippen LogP contribution in [0.1, 0.15) is 35.6 Å². The van der Waals surface area contributed by atoms with Gasteiger partial charge in [0, 0.05) is 65.4 Å². The zero-order valence-corrected chi connectivity index (χ0v) is 18.7. The number of amides is 1. The maximum atomic E-state index is 15.5. The topological polar surface area (TPSA) is 89.5 Å². The number of carbonyl (C=O) groups excluding carboxylic acids is 1. The van der Waals surface area contributed by atoms with E-state index in [4.69, 9.17) is 0 Å². The highest BCUT2D eigenvalue weighted by molar-refractivity contribution is 7.85. The van der Waals surface area contributed by atoms with E-state index in [1.54, 1.807) is 11.1 Å². The van der Waals surface area contributed by atoms with Gasteiger partial charge in [-0.05, 0) is 42.9 Å². The number of aryl methyl sites for hydroxylation is 1. The molecule has 0 bridgehead atoms. The van der Waals surface area contributed by atoms with Crippen LogP contribution < -0.4 is 0 Å². The average molecular weight is 467 g/mol. The Hall–Kier alpha value is -1.91. The number of fused-ring (bicyclic) bond motifs is 2. The molecule has 3 aliphatic rings. The van der Waals surface area contributed by atoms with Gasteiger partial charge in [-0.15, -0.1) is 0 Å². The number of nitrogens with one attached hydrogen (secondary N) is 1. The van der Waals surface area contributed by atoms with E-state index in [-0.39, 0.29) is 43.9 Å². The molecule has 1 unspecified atom stereocenters. The number of benzene rings is 1. The Kier molecular flexibility index (Phi) is 5.79. The largest absolute Gasteiger partial charge is 0.382 e. The van der Waals surface area contributed by atoms with Crippen LogP contribution in [0.15, 0.2) is 12.3 Å². The predicted octanol–water partition coefficient (Wildman–Crippen LogP) is 1.63. The predicted molar refractivity (Wildman–Crippen MR) is 117 cm³/mol. The van der Waals surface area contributed by atoms with Crippen LogP contribution in [0.2, 0.25) is 0 Å². The van der Waals surface area contributed by atoms with Gasteiger partial charge in [-0.3, -0.25) is 19.0 Å². The molecule has 2 aliphatic heterocycles.